The molecule has 0 aliphatic heterocycles. The standard InChI is InChI=1S/C28H26N2O4/c31-26(19-7-3-1-4-8-19)18-34-23-14-11-20(12-15-23)27-29-24-17-21(28(32)33)13-16-25(24)30(27)22-9-5-2-6-10-22/h1,3-4,7-8,11-17,22H,2,5-6,9-10,18H2,(H,32,33). The number of ether oxygens (including phenoxy) is 1. The lowest BCUT2D eigenvalue weighted by Gasteiger charge is -2.25. The molecule has 1 aliphatic rings. The smallest absolute Gasteiger partial charge is 0.335 e. The number of hydrogen-bond acceptors (Lipinski definition) is 4. The topological polar surface area (TPSA) is 81.4 Å². The molecule has 172 valence electrons. The van der Waals surface area contributed by atoms with Gasteiger partial charge in [0, 0.05) is 17.2 Å². The summed E-state index contributed by atoms with van der Waals surface area (Å²) in [7, 11) is 0. The molecule has 6 nitrogen and oxygen atoms in total. The molecule has 1 N–H and O–H groups in total. The maximum Gasteiger partial charge on any atom is 0.335 e. The van der Waals surface area contributed by atoms with E-state index in [-0.39, 0.29) is 18.0 Å². The zero-order valence-electron chi connectivity index (χ0n) is 18.8. The molecule has 0 amide bonds. The number of imidazole rings is 1. The maximum atomic E-state index is 12.3. The van der Waals surface area contributed by atoms with Gasteiger partial charge in [-0.2, -0.15) is 0 Å². The van der Waals surface area contributed by atoms with Gasteiger partial charge in [0.05, 0.1) is 16.6 Å². The number of benzene rings is 3. The van der Waals surface area contributed by atoms with Gasteiger partial charge < -0.3 is 14.4 Å². The summed E-state index contributed by atoms with van der Waals surface area (Å²) >= 11 is 0. The summed E-state index contributed by atoms with van der Waals surface area (Å²) in [5, 5.41) is 9.41. The summed E-state index contributed by atoms with van der Waals surface area (Å²) in [4.78, 5) is 28.6. The Kier molecular flexibility index (Phi) is 6.12. The van der Waals surface area contributed by atoms with Crippen molar-refractivity contribution in [1.29, 1.82) is 0 Å². The van der Waals surface area contributed by atoms with Crippen LogP contribution >= 0.6 is 0 Å². The molecule has 6 heteroatoms. The van der Waals surface area contributed by atoms with Gasteiger partial charge in [0.25, 0.3) is 0 Å². The number of ketones is 1. The normalized spacial score (nSPS) is 14.2. The van der Waals surface area contributed by atoms with Crippen LogP contribution in [-0.2, 0) is 0 Å². The number of aromatic nitrogens is 2. The van der Waals surface area contributed by atoms with E-state index in [2.05, 4.69) is 4.57 Å². The number of rotatable bonds is 7. The van der Waals surface area contributed by atoms with E-state index in [1.165, 1.54) is 19.3 Å². The summed E-state index contributed by atoms with van der Waals surface area (Å²) < 4.78 is 7.99. The van der Waals surface area contributed by atoms with E-state index >= 15 is 0 Å². The number of carboxylic acid groups (broad SMARTS) is 1. The molecule has 1 aromatic heterocycles. The van der Waals surface area contributed by atoms with E-state index in [4.69, 9.17) is 9.72 Å². The molecule has 0 spiro atoms. The van der Waals surface area contributed by atoms with Crippen LogP contribution in [0.2, 0.25) is 0 Å². The first-order valence-corrected chi connectivity index (χ1v) is 11.7. The number of nitrogens with zero attached hydrogens (tertiary/aromatic N) is 2. The number of fused-ring (bicyclic) bond motifs is 1. The lowest BCUT2D eigenvalue weighted by molar-refractivity contribution is 0.0696. The molecule has 5 rings (SSSR count). The van der Waals surface area contributed by atoms with E-state index in [1.807, 2.05) is 48.5 Å². The van der Waals surface area contributed by atoms with Crippen LogP contribution in [0.4, 0.5) is 0 Å². The number of Topliss-reactive ketones (excluding diaryl/α,β-unsaturated/α-hetero) is 1. The monoisotopic (exact) mass is 454 g/mol. The van der Waals surface area contributed by atoms with E-state index < -0.39 is 5.97 Å². The number of carbonyl (C=O) groups excluding carboxylic acids is 1. The highest BCUT2D eigenvalue weighted by atomic mass is 16.5. The van der Waals surface area contributed by atoms with Crippen molar-refractivity contribution < 1.29 is 19.4 Å². The molecule has 0 atom stereocenters. The van der Waals surface area contributed by atoms with Crippen molar-refractivity contribution in [3.63, 3.8) is 0 Å². The Labute approximate surface area is 197 Å². The maximum absolute atomic E-state index is 12.3. The first-order valence-electron chi connectivity index (χ1n) is 11.7. The first kappa shape index (κ1) is 21.9. The highest BCUT2D eigenvalue weighted by Gasteiger charge is 2.23. The quantitative estimate of drug-likeness (QED) is 0.338. The average molecular weight is 455 g/mol. The fourth-order valence-corrected chi connectivity index (χ4v) is 4.70. The molecule has 0 radical (unpaired) electrons. The van der Waals surface area contributed by atoms with Crippen LogP contribution in [0.5, 0.6) is 5.75 Å². The zero-order chi connectivity index (χ0) is 23.5. The van der Waals surface area contributed by atoms with E-state index in [9.17, 15) is 14.7 Å². The van der Waals surface area contributed by atoms with Gasteiger partial charge >= 0.3 is 5.97 Å². The Morgan fingerprint density at radius 1 is 0.912 bits per heavy atom. The lowest BCUT2D eigenvalue weighted by atomic mass is 9.95. The van der Waals surface area contributed by atoms with Gasteiger partial charge in [-0.25, -0.2) is 9.78 Å². The highest BCUT2D eigenvalue weighted by molar-refractivity contribution is 5.97. The van der Waals surface area contributed by atoms with E-state index in [0.717, 1.165) is 29.7 Å². The van der Waals surface area contributed by atoms with Gasteiger partial charge in [0.15, 0.2) is 12.4 Å². The predicted molar refractivity (Wildman–Crippen MR) is 131 cm³/mol. The molecule has 0 bridgehead atoms. The van der Waals surface area contributed by atoms with Crippen LogP contribution in [0.1, 0.15) is 58.9 Å². The van der Waals surface area contributed by atoms with Crippen LogP contribution in [-0.4, -0.2) is 33.0 Å². The Morgan fingerprint density at radius 2 is 1.65 bits per heavy atom. The third kappa shape index (κ3) is 4.44. The van der Waals surface area contributed by atoms with Crippen molar-refractivity contribution in [2.24, 2.45) is 0 Å². The van der Waals surface area contributed by atoms with Crippen molar-refractivity contribution in [2.45, 2.75) is 38.1 Å². The van der Waals surface area contributed by atoms with Gasteiger partial charge in [-0.3, -0.25) is 4.79 Å². The average Bonchev–Trinajstić information content (AvgIpc) is 3.27. The molecule has 1 saturated carbocycles. The molecule has 34 heavy (non-hydrogen) atoms. The van der Waals surface area contributed by atoms with Gasteiger partial charge in [0.2, 0.25) is 0 Å². The van der Waals surface area contributed by atoms with Crippen molar-refractivity contribution in [3.05, 3.63) is 83.9 Å². The van der Waals surface area contributed by atoms with Crippen LogP contribution in [0, 0.1) is 0 Å². The lowest BCUT2D eigenvalue weighted by Crippen LogP contribution is -2.14. The second kappa shape index (κ2) is 9.51. The Bertz CT molecular complexity index is 1320. The molecule has 4 aromatic rings. The van der Waals surface area contributed by atoms with Gasteiger partial charge in [0.1, 0.15) is 11.6 Å². The number of aromatic carboxylic acids is 1. The third-order valence-electron chi connectivity index (χ3n) is 6.45. The summed E-state index contributed by atoms with van der Waals surface area (Å²) in [6.45, 7) is -0.0259. The second-order valence-corrected chi connectivity index (χ2v) is 8.71. The minimum Gasteiger partial charge on any atom is -0.485 e. The molecular weight excluding hydrogens is 428 g/mol. The van der Waals surface area contributed by atoms with Crippen LogP contribution < -0.4 is 4.74 Å². The first-order chi connectivity index (χ1) is 16.6. The van der Waals surface area contributed by atoms with E-state index in [0.29, 0.717) is 22.9 Å². The largest absolute Gasteiger partial charge is 0.485 e. The molecule has 0 saturated heterocycles. The third-order valence-corrected chi connectivity index (χ3v) is 6.45. The predicted octanol–water partition coefficient (Wildman–Crippen LogP) is 6.17. The number of hydrogen-bond donors (Lipinski definition) is 1. The Morgan fingerprint density at radius 3 is 2.35 bits per heavy atom. The van der Waals surface area contributed by atoms with Gasteiger partial charge in [-0.1, -0.05) is 49.6 Å². The van der Waals surface area contributed by atoms with Crippen LogP contribution in [0.25, 0.3) is 22.4 Å². The van der Waals surface area contributed by atoms with E-state index in [1.54, 1.807) is 24.3 Å². The molecule has 3 aromatic carbocycles. The minimum atomic E-state index is -0.956. The van der Waals surface area contributed by atoms with Crippen molar-refractivity contribution in [2.75, 3.05) is 6.61 Å². The Hall–Kier alpha value is -3.93. The van der Waals surface area contributed by atoms with Crippen molar-refractivity contribution in [1.82, 2.24) is 9.55 Å². The fraction of sp³-hybridized carbons (Fsp3) is 0.250. The molecule has 1 heterocycles. The zero-order valence-corrected chi connectivity index (χ0v) is 18.8. The van der Waals surface area contributed by atoms with Crippen LogP contribution in [0.15, 0.2) is 72.8 Å². The second-order valence-electron chi connectivity index (χ2n) is 8.71. The summed E-state index contributed by atoms with van der Waals surface area (Å²) in [6.07, 6.45) is 5.78. The fourth-order valence-electron chi connectivity index (χ4n) is 4.70. The molecule has 0 unspecified atom stereocenters. The van der Waals surface area contributed by atoms with Gasteiger partial charge in [-0.05, 0) is 55.3 Å². The van der Waals surface area contributed by atoms with Gasteiger partial charge in [-0.15, -0.1) is 0 Å². The minimum absolute atomic E-state index is 0.0259. The molecule has 1 aliphatic carbocycles. The van der Waals surface area contributed by atoms with Crippen LogP contribution in [0.3, 0.4) is 0 Å². The number of carboxylic acids is 1. The molecular formula is C28H26N2O4. The summed E-state index contributed by atoms with van der Waals surface area (Å²) in [5.41, 5.74) is 3.44. The Balaban J connectivity index is 1.43. The SMILES string of the molecule is O=C(O)c1ccc2c(c1)nc(-c1ccc(OCC(=O)c3ccccc3)cc1)n2C1CCCCC1. The van der Waals surface area contributed by atoms with Crippen molar-refractivity contribution in [3.8, 4) is 17.1 Å². The summed E-state index contributed by atoms with van der Waals surface area (Å²) in [6, 6.07) is 22.2. The summed E-state index contributed by atoms with van der Waals surface area (Å²) in [5.74, 6) is 0.415. The highest BCUT2D eigenvalue weighted by Crippen LogP contribution is 2.36. The molecule has 1 fully saturated rings. The van der Waals surface area contributed by atoms with Crippen molar-refractivity contribution >= 4 is 22.8 Å². The number of carbonyl (C=O) groups is 2.